The number of rotatable bonds is 7. The fourth-order valence-corrected chi connectivity index (χ4v) is 1.60. The van der Waals surface area contributed by atoms with Gasteiger partial charge in [-0.15, -0.1) is 0 Å². The van der Waals surface area contributed by atoms with E-state index >= 15 is 0 Å². The van der Waals surface area contributed by atoms with Crippen molar-refractivity contribution in [3.63, 3.8) is 0 Å². The summed E-state index contributed by atoms with van der Waals surface area (Å²) in [5.74, 6) is 0.671. The van der Waals surface area contributed by atoms with Crippen LogP contribution in [-0.2, 0) is 4.79 Å². The molecule has 0 atom stereocenters. The van der Waals surface area contributed by atoms with Crippen LogP contribution in [0, 0.1) is 0 Å². The number of aliphatic hydroxyl groups is 2. The van der Waals surface area contributed by atoms with Gasteiger partial charge in [-0.25, -0.2) is 0 Å². The van der Waals surface area contributed by atoms with Crippen LogP contribution >= 0.6 is 0 Å². The molecule has 0 aromatic heterocycles. The van der Waals surface area contributed by atoms with Crippen molar-refractivity contribution in [2.45, 2.75) is 32.2 Å². The number of amides is 1. The first-order chi connectivity index (χ1) is 9.40. The van der Waals surface area contributed by atoms with Crippen LogP contribution in [0.15, 0.2) is 24.3 Å². The molecular formula is C15H23NO4. The Bertz CT molecular complexity index is 424. The zero-order valence-corrected chi connectivity index (χ0v) is 12.2. The molecule has 0 saturated carbocycles. The van der Waals surface area contributed by atoms with Gasteiger partial charge < -0.3 is 20.3 Å². The molecule has 5 nitrogen and oxygen atoms in total. The molecule has 20 heavy (non-hydrogen) atoms. The average molecular weight is 281 g/mol. The Balaban J connectivity index is 2.48. The number of hydrogen-bond donors (Lipinski definition) is 3. The Morgan fingerprint density at radius 1 is 1.25 bits per heavy atom. The Morgan fingerprint density at radius 2 is 1.80 bits per heavy atom. The molecule has 0 aliphatic carbocycles. The summed E-state index contributed by atoms with van der Waals surface area (Å²) >= 11 is 0. The molecule has 3 N–H and O–H groups in total. The topological polar surface area (TPSA) is 78.8 Å². The van der Waals surface area contributed by atoms with E-state index in [1.54, 1.807) is 6.92 Å². The number of ether oxygens (including phenoxy) is 1. The molecule has 0 fully saturated rings. The Hall–Kier alpha value is -1.59. The lowest BCUT2D eigenvalue weighted by atomic mass is 10.0. The highest BCUT2D eigenvalue weighted by Gasteiger charge is 2.24. The van der Waals surface area contributed by atoms with Crippen molar-refractivity contribution < 1.29 is 19.7 Å². The molecule has 0 heterocycles. The number of aliphatic hydroxyl groups excluding tert-OH is 2. The lowest BCUT2D eigenvalue weighted by Gasteiger charge is -2.26. The van der Waals surface area contributed by atoms with Crippen LogP contribution in [0.1, 0.15) is 32.3 Å². The van der Waals surface area contributed by atoms with Gasteiger partial charge >= 0.3 is 0 Å². The van der Waals surface area contributed by atoms with Gasteiger partial charge in [0.1, 0.15) is 5.75 Å². The van der Waals surface area contributed by atoms with Crippen molar-refractivity contribution >= 4 is 5.91 Å². The zero-order valence-electron chi connectivity index (χ0n) is 12.2. The Kier molecular flexibility index (Phi) is 5.98. The van der Waals surface area contributed by atoms with Crippen LogP contribution in [0.4, 0.5) is 0 Å². The molecule has 0 aliphatic heterocycles. The van der Waals surface area contributed by atoms with Gasteiger partial charge in [0, 0.05) is 0 Å². The number of carbonyl (C=O) groups excluding carboxylic acids is 1. The second-order valence-electron chi connectivity index (χ2n) is 5.44. The smallest absolute Gasteiger partial charge is 0.258 e. The first-order valence-corrected chi connectivity index (χ1v) is 6.65. The minimum absolute atomic E-state index is 0.156. The van der Waals surface area contributed by atoms with Crippen LogP contribution in [0.2, 0.25) is 0 Å². The second-order valence-corrected chi connectivity index (χ2v) is 5.44. The monoisotopic (exact) mass is 281 g/mol. The van der Waals surface area contributed by atoms with Crippen LogP contribution in [0.3, 0.4) is 0 Å². The molecule has 0 saturated heterocycles. The summed E-state index contributed by atoms with van der Waals surface area (Å²) < 4.78 is 5.36. The molecule has 0 spiro atoms. The molecule has 1 rings (SSSR count). The SMILES string of the molecule is CC(C)c1ccc(OCC(=O)NC(C)(CO)CO)cc1. The summed E-state index contributed by atoms with van der Waals surface area (Å²) in [7, 11) is 0. The molecule has 0 bridgehead atoms. The molecule has 1 amide bonds. The number of hydrogen-bond acceptors (Lipinski definition) is 4. The summed E-state index contributed by atoms with van der Waals surface area (Å²) in [6.07, 6.45) is 0. The van der Waals surface area contributed by atoms with Crippen LogP contribution in [0.5, 0.6) is 5.75 Å². The van der Waals surface area contributed by atoms with Crippen molar-refractivity contribution in [3.05, 3.63) is 29.8 Å². The molecule has 0 radical (unpaired) electrons. The molecule has 112 valence electrons. The number of benzene rings is 1. The van der Waals surface area contributed by atoms with Gasteiger partial charge in [0.15, 0.2) is 6.61 Å². The van der Waals surface area contributed by atoms with Gasteiger partial charge in [0.05, 0.1) is 18.8 Å². The van der Waals surface area contributed by atoms with E-state index in [2.05, 4.69) is 19.2 Å². The van der Waals surface area contributed by atoms with Gasteiger partial charge in [0.25, 0.3) is 5.91 Å². The minimum Gasteiger partial charge on any atom is -0.484 e. The van der Waals surface area contributed by atoms with Crippen LogP contribution < -0.4 is 10.1 Å². The van der Waals surface area contributed by atoms with E-state index in [-0.39, 0.29) is 25.7 Å². The van der Waals surface area contributed by atoms with Crippen molar-refractivity contribution in [1.82, 2.24) is 5.32 Å². The Morgan fingerprint density at radius 3 is 2.25 bits per heavy atom. The van der Waals surface area contributed by atoms with Gasteiger partial charge in [-0.05, 0) is 30.5 Å². The lowest BCUT2D eigenvalue weighted by molar-refractivity contribution is -0.126. The molecule has 1 aromatic rings. The second kappa shape index (κ2) is 7.26. The molecule has 1 aromatic carbocycles. The molecule has 5 heteroatoms. The summed E-state index contributed by atoms with van der Waals surface area (Å²) in [6.45, 7) is 4.94. The van der Waals surface area contributed by atoms with Crippen LogP contribution in [-0.4, -0.2) is 41.5 Å². The summed E-state index contributed by atoms with van der Waals surface area (Å²) in [4.78, 5) is 11.7. The first-order valence-electron chi connectivity index (χ1n) is 6.65. The predicted molar refractivity (Wildman–Crippen MR) is 76.7 cm³/mol. The molecule has 0 unspecified atom stereocenters. The largest absolute Gasteiger partial charge is 0.484 e. The van der Waals surface area contributed by atoms with Crippen LogP contribution in [0.25, 0.3) is 0 Å². The summed E-state index contributed by atoms with van der Waals surface area (Å²) in [5, 5.41) is 20.7. The van der Waals surface area contributed by atoms with E-state index in [1.165, 1.54) is 5.56 Å². The van der Waals surface area contributed by atoms with Gasteiger partial charge in [-0.2, -0.15) is 0 Å². The van der Waals surface area contributed by atoms with E-state index in [0.717, 1.165) is 0 Å². The highest BCUT2D eigenvalue weighted by Crippen LogP contribution is 2.18. The fourth-order valence-electron chi connectivity index (χ4n) is 1.60. The fraction of sp³-hybridized carbons (Fsp3) is 0.533. The maximum absolute atomic E-state index is 11.7. The highest BCUT2D eigenvalue weighted by atomic mass is 16.5. The third-order valence-electron chi connectivity index (χ3n) is 3.06. The van der Waals surface area contributed by atoms with Crippen molar-refractivity contribution in [2.75, 3.05) is 19.8 Å². The van der Waals surface area contributed by atoms with E-state index in [4.69, 9.17) is 14.9 Å². The summed E-state index contributed by atoms with van der Waals surface area (Å²) in [6, 6.07) is 7.56. The van der Waals surface area contributed by atoms with E-state index in [0.29, 0.717) is 11.7 Å². The van der Waals surface area contributed by atoms with E-state index in [9.17, 15) is 4.79 Å². The maximum Gasteiger partial charge on any atom is 0.258 e. The van der Waals surface area contributed by atoms with E-state index in [1.807, 2.05) is 24.3 Å². The van der Waals surface area contributed by atoms with Gasteiger partial charge in [-0.3, -0.25) is 4.79 Å². The minimum atomic E-state index is -1.03. The van der Waals surface area contributed by atoms with Gasteiger partial charge in [0.2, 0.25) is 0 Å². The number of carbonyl (C=O) groups is 1. The molecular weight excluding hydrogens is 258 g/mol. The summed E-state index contributed by atoms with van der Waals surface area (Å²) in [5.41, 5.74) is 0.178. The third-order valence-corrected chi connectivity index (χ3v) is 3.06. The normalized spacial score (nSPS) is 11.5. The zero-order chi connectivity index (χ0) is 15.2. The third kappa shape index (κ3) is 4.83. The lowest BCUT2D eigenvalue weighted by Crippen LogP contribution is -2.53. The highest BCUT2D eigenvalue weighted by molar-refractivity contribution is 5.78. The first kappa shape index (κ1) is 16.5. The van der Waals surface area contributed by atoms with Crippen molar-refractivity contribution in [2.24, 2.45) is 0 Å². The average Bonchev–Trinajstić information content (AvgIpc) is 2.45. The quantitative estimate of drug-likeness (QED) is 0.698. The number of nitrogens with one attached hydrogen (secondary N) is 1. The van der Waals surface area contributed by atoms with Gasteiger partial charge in [-0.1, -0.05) is 26.0 Å². The van der Waals surface area contributed by atoms with Crippen molar-refractivity contribution in [1.29, 1.82) is 0 Å². The predicted octanol–water partition coefficient (Wildman–Crippen LogP) is 1.05. The maximum atomic E-state index is 11.7. The van der Waals surface area contributed by atoms with E-state index < -0.39 is 5.54 Å². The van der Waals surface area contributed by atoms with Crippen molar-refractivity contribution in [3.8, 4) is 5.75 Å². The standard InChI is InChI=1S/C15H23NO4/c1-11(2)12-4-6-13(7-5-12)20-8-14(19)16-15(3,9-17)10-18/h4-7,11,17-18H,8-10H2,1-3H3,(H,16,19). The molecule has 0 aliphatic rings. The Labute approximate surface area is 119 Å².